The maximum absolute atomic E-state index is 5.76. The minimum atomic E-state index is 0.432. The Bertz CT molecular complexity index is 705. The fourth-order valence-electron chi connectivity index (χ4n) is 1.85. The minimum Gasteiger partial charge on any atom is -0.497 e. The topological polar surface area (TPSA) is 77.5 Å². The molecule has 2 aromatic heterocycles. The third-order valence-electron chi connectivity index (χ3n) is 2.75. The van der Waals surface area contributed by atoms with Crippen molar-refractivity contribution >= 4 is 23.0 Å². The van der Waals surface area contributed by atoms with Crippen molar-refractivity contribution in [3.8, 4) is 5.75 Å². The van der Waals surface area contributed by atoms with Crippen LogP contribution in [0, 0.1) is 0 Å². The van der Waals surface area contributed by atoms with Crippen molar-refractivity contribution in [2.75, 3.05) is 18.2 Å². The van der Waals surface area contributed by atoms with Crippen LogP contribution in [0.1, 0.15) is 0 Å². The van der Waals surface area contributed by atoms with Crippen LogP contribution in [0.15, 0.2) is 42.9 Å². The van der Waals surface area contributed by atoms with Crippen molar-refractivity contribution in [3.05, 3.63) is 42.9 Å². The Balaban J connectivity index is 1.97. The van der Waals surface area contributed by atoms with Crippen molar-refractivity contribution in [1.82, 2.24) is 14.4 Å². The first-order valence-electron chi connectivity index (χ1n) is 5.76. The van der Waals surface area contributed by atoms with Crippen LogP contribution in [0.5, 0.6) is 5.75 Å². The van der Waals surface area contributed by atoms with Gasteiger partial charge < -0.3 is 20.2 Å². The molecule has 0 aliphatic rings. The quantitative estimate of drug-likeness (QED) is 0.749. The summed E-state index contributed by atoms with van der Waals surface area (Å²) in [4.78, 5) is 8.51. The molecular formula is C13H13N5O. The summed E-state index contributed by atoms with van der Waals surface area (Å²) < 4.78 is 6.94. The molecule has 0 bridgehead atoms. The second-order valence-corrected chi connectivity index (χ2v) is 4.03. The molecule has 0 unspecified atom stereocenters. The molecule has 3 aromatic rings. The lowest BCUT2D eigenvalue weighted by Crippen LogP contribution is -2.01. The molecule has 0 spiro atoms. The Labute approximate surface area is 109 Å². The minimum absolute atomic E-state index is 0.432. The lowest BCUT2D eigenvalue weighted by atomic mass is 10.3. The van der Waals surface area contributed by atoms with Gasteiger partial charge in [-0.2, -0.15) is 0 Å². The predicted octanol–water partition coefficient (Wildman–Crippen LogP) is 2.06. The fraction of sp³-hybridized carbons (Fsp3) is 0.0769. The number of nitrogens with zero attached hydrogens (tertiary/aromatic N) is 3. The van der Waals surface area contributed by atoms with Crippen LogP contribution in [0.4, 0.5) is 17.3 Å². The molecule has 0 aliphatic carbocycles. The van der Waals surface area contributed by atoms with Gasteiger partial charge in [0.1, 0.15) is 11.6 Å². The first-order valence-corrected chi connectivity index (χ1v) is 5.76. The van der Waals surface area contributed by atoms with Crippen LogP contribution in [0.25, 0.3) is 5.65 Å². The standard InChI is InChI=1S/C13H13N5O/c1-19-10-4-2-9(3-5-10)16-12-13-15-6-7-18(13)8-11(14)17-12/h2-8H,14H2,1H3,(H,16,17). The zero-order chi connectivity index (χ0) is 13.2. The number of hydrogen-bond donors (Lipinski definition) is 2. The number of nitrogens with one attached hydrogen (secondary N) is 1. The van der Waals surface area contributed by atoms with Gasteiger partial charge in [0.05, 0.1) is 13.3 Å². The van der Waals surface area contributed by atoms with Crippen LogP contribution >= 0.6 is 0 Å². The average Bonchev–Trinajstić information content (AvgIpc) is 2.88. The number of rotatable bonds is 3. The van der Waals surface area contributed by atoms with Gasteiger partial charge in [0.2, 0.25) is 0 Å². The van der Waals surface area contributed by atoms with Gasteiger partial charge in [0, 0.05) is 18.1 Å². The maximum atomic E-state index is 5.76. The van der Waals surface area contributed by atoms with Crippen molar-refractivity contribution < 1.29 is 4.74 Å². The Morgan fingerprint density at radius 2 is 2.05 bits per heavy atom. The third kappa shape index (κ3) is 2.15. The number of nitrogen functional groups attached to an aromatic ring is 1. The highest BCUT2D eigenvalue weighted by Gasteiger charge is 2.06. The number of ether oxygens (including phenoxy) is 1. The van der Waals surface area contributed by atoms with Crippen LogP contribution in [0.2, 0.25) is 0 Å². The number of nitrogens with two attached hydrogens (primary N) is 1. The highest BCUT2D eigenvalue weighted by atomic mass is 16.5. The summed E-state index contributed by atoms with van der Waals surface area (Å²) in [6, 6.07) is 7.56. The Morgan fingerprint density at radius 3 is 2.79 bits per heavy atom. The van der Waals surface area contributed by atoms with E-state index in [1.165, 1.54) is 0 Å². The highest BCUT2D eigenvalue weighted by molar-refractivity contribution is 5.71. The molecule has 0 saturated carbocycles. The summed E-state index contributed by atoms with van der Waals surface area (Å²) in [6.45, 7) is 0. The normalized spacial score (nSPS) is 10.6. The Kier molecular flexibility index (Phi) is 2.68. The van der Waals surface area contributed by atoms with E-state index in [-0.39, 0.29) is 0 Å². The molecule has 2 heterocycles. The highest BCUT2D eigenvalue weighted by Crippen LogP contribution is 2.22. The van der Waals surface area contributed by atoms with E-state index in [1.807, 2.05) is 34.9 Å². The van der Waals surface area contributed by atoms with Crippen LogP contribution < -0.4 is 15.8 Å². The zero-order valence-electron chi connectivity index (χ0n) is 10.4. The lowest BCUT2D eigenvalue weighted by Gasteiger charge is -2.08. The Hall–Kier alpha value is -2.76. The predicted molar refractivity (Wildman–Crippen MR) is 73.7 cm³/mol. The summed E-state index contributed by atoms with van der Waals surface area (Å²) in [5, 5.41) is 3.20. The maximum Gasteiger partial charge on any atom is 0.180 e. The molecule has 3 rings (SSSR count). The molecule has 6 heteroatoms. The monoisotopic (exact) mass is 255 g/mol. The summed E-state index contributed by atoms with van der Waals surface area (Å²) in [5.41, 5.74) is 7.38. The van der Waals surface area contributed by atoms with Crippen molar-refractivity contribution in [2.24, 2.45) is 0 Å². The molecule has 0 saturated heterocycles. The second-order valence-electron chi connectivity index (χ2n) is 4.03. The number of methoxy groups -OCH3 is 1. The van der Waals surface area contributed by atoms with Crippen molar-refractivity contribution in [1.29, 1.82) is 0 Å². The zero-order valence-corrected chi connectivity index (χ0v) is 10.4. The SMILES string of the molecule is COc1ccc(Nc2nc(N)cn3ccnc23)cc1. The van der Waals surface area contributed by atoms with Gasteiger partial charge in [0.25, 0.3) is 0 Å². The molecule has 0 atom stereocenters. The molecule has 0 radical (unpaired) electrons. The molecule has 0 aliphatic heterocycles. The average molecular weight is 255 g/mol. The van der Waals surface area contributed by atoms with E-state index < -0.39 is 0 Å². The van der Waals surface area contributed by atoms with Gasteiger partial charge >= 0.3 is 0 Å². The number of imidazole rings is 1. The van der Waals surface area contributed by atoms with Gasteiger partial charge in [0.15, 0.2) is 11.5 Å². The third-order valence-corrected chi connectivity index (χ3v) is 2.75. The van der Waals surface area contributed by atoms with E-state index in [4.69, 9.17) is 10.5 Å². The summed E-state index contributed by atoms with van der Waals surface area (Å²) in [5.74, 6) is 1.86. The molecule has 96 valence electrons. The number of benzene rings is 1. The Morgan fingerprint density at radius 1 is 1.26 bits per heavy atom. The molecule has 3 N–H and O–H groups in total. The van der Waals surface area contributed by atoms with E-state index in [0.29, 0.717) is 11.6 Å². The molecule has 0 fully saturated rings. The number of aromatic nitrogens is 3. The van der Waals surface area contributed by atoms with Gasteiger partial charge in [-0.25, -0.2) is 9.97 Å². The van der Waals surface area contributed by atoms with E-state index >= 15 is 0 Å². The van der Waals surface area contributed by atoms with Crippen molar-refractivity contribution in [2.45, 2.75) is 0 Å². The van der Waals surface area contributed by atoms with E-state index in [9.17, 15) is 0 Å². The van der Waals surface area contributed by atoms with Gasteiger partial charge in [-0.3, -0.25) is 0 Å². The van der Waals surface area contributed by atoms with Gasteiger partial charge in [-0.1, -0.05) is 0 Å². The van der Waals surface area contributed by atoms with E-state index in [0.717, 1.165) is 17.1 Å². The smallest absolute Gasteiger partial charge is 0.180 e. The second kappa shape index (κ2) is 4.49. The summed E-state index contributed by atoms with van der Waals surface area (Å²) in [6.07, 6.45) is 5.25. The first kappa shape index (κ1) is 11.3. The van der Waals surface area contributed by atoms with Crippen LogP contribution in [-0.2, 0) is 0 Å². The molecule has 19 heavy (non-hydrogen) atoms. The van der Waals surface area contributed by atoms with E-state index in [2.05, 4.69) is 15.3 Å². The van der Waals surface area contributed by atoms with Crippen molar-refractivity contribution in [3.63, 3.8) is 0 Å². The number of hydrogen-bond acceptors (Lipinski definition) is 5. The number of anilines is 3. The summed E-state index contributed by atoms with van der Waals surface area (Å²) in [7, 11) is 1.63. The van der Waals surface area contributed by atoms with Gasteiger partial charge in [-0.05, 0) is 24.3 Å². The lowest BCUT2D eigenvalue weighted by molar-refractivity contribution is 0.415. The fourth-order valence-corrected chi connectivity index (χ4v) is 1.85. The largest absolute Gasteiger partial charge is 0.497 e. The summed E-state index contributed by atoms with van der Waals surface area (Å²) >= 11 is 0. The van der Waals surface area contributed by atoms with E-state index in [1.54, 1.807) is 19.5 Å². The first-order chi connectivity index (χ1) is 9.26. The molecule has 1 aromatic carbocycles. The number of fused-ring (bicyclic) bond motifs is 1. The van der Waals surface area contributed by atoms with Crippen LogP contribution in [-0.4, -0.2) is 21.5 Å². The molecule has 0 amide bonds. The van der Waals surface area contributed by atoms with Crippen LogP contribution in [0.3, 0.4) is 0 Å². The molecule has 6 nitrogen and oxygen atoms in total. The molecular weight excluding hydrogens is 242 g/mol. The van der Waals surface area contributed by atoms with Gasteiger partial charge in [-0.15, -0.1) is 0 Å².